The van der Waals surface area contributed by atoms with E-state index >= 15 is 0 Å². The third-order valence-electron chi connectivity index (χ3n) is 4.36. The molecule has 2 aromatic carbocycles. The molecule has 0 aliphatic rings. The van der Waals surface area contributed by atoms with Crippen molar-refractivity contribution in [3.8, 4) is 11.1 Å². The highest BCUT2D eigenvalue weighted by Crippen LogP contribution is 2.33. The molecule has 0 amide bonds. The first kappa shape index (κ1) is 14.5. The number of anilines is 3. The number of aromatic amines is 2. The standard InChI is InChI=1S/C19H15N7/c20-19-22-6-4-17(25-19)24-14-8-13-10-23-26-18(13)15(9-14)11-1-2-16-12(7-11)3-5-21-16/h1-10,21H,(H,23,26)(H3,20,22,24,25). The van der Waals surface area contributed by atoms with Crippen molar-refractivity contribution >= 4 is 39.3 Å². The molecule has 0 spiro atoms. The Morgan fingerprint density at radius 1 is 1.00 bits per heavy atom. The lowest BCUT2D eigenvalue weighted by Crippen LogP contribution is -1.99. The van der Waals surface area contributed by atoms with Crippen LogP contribution in [0.4, 0.5) is 17.5 Å². The van der Waals surface area contributed by atoms with Crippen molar-refractivity contribution in [2.45, 2.75) is 0 Å². The number of aromatic nitrogens is 5. The minimum absolute atomic E-state index is 0.234. The Labute approximate surface area is 148 Å². The fraction of sp³-hybridized carbons (Fsp3) is 0. The van der Waals surface area contributed by atoms with Gasteiger partial charge in [0.05, 0.1) is 11.7 Å². The van der Waals surface area contributed by atoms with E-state index in [9.17, 15) is 0 Å². The Bertz CT molecular complexity index is 1240. The highest BCUT2D eigenvalue weighted by atomic mass is 15.1. The van der Waals surface area contributed by atoms with E-state index in [0.29, 0.717) is 5.82 Å². The molecule has 5 N–H and O–H groups in total. The predicted octanol–water partition coefficient (Wildman–Crippen LogP) is 3.83. The topological polar surface area (TPSA) is 108 Å². The van der Waals surface area contributed by atoms with Crippen LogP contribution in [0.3, 0.4) is 0 Å². The summed E-state index contributed by atoms with van der Waals surface area (Å²) in [6.45, 7) is 0. The average Bonchev–Trinajstić information content (AvgIpc) is 3.29. The van der Waals surface area contributed by atoms with Crippen molar-refractivity contribution < 1.29 is 0 Å². The summed E-state index contributed by atoms with van der Waals surface area (Å²) >= 11 is 0. The van der Waals surface area contributed by atoms with Crippen molar-refractivity contribution in [3.63, 3.8) is 0 Å². The molecule has 0 aliphatic heterocycles. The summed E-state index contributed by atoms with van der Waals surface area (Å²) in [5, 5.41) is 12.8. The molecular weight excluding hydrogens is 326 g/mol. The maximum absolute atomic E-state index is 5.67. The molecule has 0 bridgehead atoms. The molecule has 0 fully saturated rings. The van der Waals surface area contributed by atoms with E-state index in [2.05, 4.69) is 60.8 Å². The molecule has 5 aromatic rings. The van der Waals surface area contributed by atoms with Crippen LogP contribution in [0.2, 0.25) is 0 Å². The molecule has 26 heavy (non-hydrogen) atoms. The molecule has 0 saturated heterocycles. The van der Waals surface area contributed by atoms with Crippen LogP contribution < -0.4 is 11.1 Å². The van der Waals surface area contributed by atoms with Crippen molar-refractivity contribution in [1.29, 1.82) is 0 Å². The summed E-state index contributed by atoms with van der Waals surface area (Å²) in [5.74, 6) is 0.880. The van der Waals surface area contributed by atoms with Crippen LogP contribution in [0.1, 0.15) is 0 Å². The molecule has 5 rings (SSSR count). The highest BCUT2D eigenvalue weighted by Gasteiger charge is 2.10. The van der Waals surface area contributed by atoms with Crippen LogP contribution in [0.5, 0.6) is 0 Å². The van der Waals surface area contributed by atoms with E-state index in [1.54, 1.807) is 12.3 Å². The predicted molar refractivity (Wildman–Crippen MR) is 103 cm³/mol. The van der Waals surface area contributed by atoms with Gasteiger partial charge in [0, 0.05) is 34.5 Å². The Kier molecular flexibility index (Phi) is 3.11. The summed E-state index contributed by atoms with van der Waals surface area (Å²) in [7, 11) is 0. The number of nitrogens with two attached hydrogens (primary N) is 1. The van der Waals surface area contributed by atoms with Gasteiger partial charge in [-0.2, -0.15) is 10.1 Å². The normalized spacial score (nSPS) is 11.2. The first-order valence-corrected chi connectivity index (χ1v) is 8.16. The summed E-state index contributed by atoms with van der Waals surface area (Å²) < 4.78 is 0. The Morgan fingerprint density at radius 2 is 1.96 bits per heavy atom. The van der Waals surface area contributed by atoms with Gasteiger partial charge in [0.2, 0.25) is 5.95 Å². The molecule has 7 heteroatoms. The first-order valence-electron chi connectivity index (χ1n) is 8.16. The number of benzene rings is 2. The Balaban J connectivity index is 1.65. The number of rotatable bonds is 3. The number of hydrogen-bond donors (Lipinski definition) is 4. The number of H-pyrrole nitrogens is 2. The summed E-state index contributed by atoms with van der Waals surface area (Å²) in [6, 6.07) is 14.3. The first-order chi connectivity index (χ1) is 12.8. The fourth-order valence-electron chi connectivity index (χ4n) is 3.17. The number of nitrogens with zero attached hydrogens (tertiary/aromatic N) is 3. The highest BCUT2D eigenvalue weighted by molar-refractivity contribution is 5.98. The van der Waals surface area contributed by atoms with Gasteiger partial charge in [-0.15, -0.1) is 0 Å². The third-order valence-corrected chi connectivity index (χ3v) is 4.36. The number of hydrogen-bond acceptors (Lipinski definition) is 5. The molecule has 0 radical (unpaired) electrons. The zero-order chi connectivity index (χ0) is 17.5. The van der Waals surface area contributed by atoms with Gasteiger partial charge in [0.1, 0.15) is 5.82 Å². The van der Waals surface area contributed by atoms with E-state index < -0.39 is 0 Å². The monoisotopic (exact) mass is 341 g/mol. The van der Waals surface area contributed by atoms with Crippen LogP contribution in [0.15, 0.2) is 61.1 Å². The zero-order valence-corrected chi connectivity index (χ0v) is 13.7. The van der Waals surface area contributed by atoms with E-state index in [4.69, 9.17) is 5.73 Å². The molecule has 0 atom stereocenters. The Morgan fingerprint density at radius 3 is 2.88 bits per heavy atom. The van der Waals surface area contributed by atoms with Crippen molar-refractivity contribution in [2.75, 3.05) is 11.1 Å². The number of nitrogen functional groups attached to an aromatic ring is 1. The van der Waals surface area contributed by atoms with E-state index in [-0.39, 0.29) is 5.95 Å². The largest absolute Gasteiger partial charge is 0.368 e. The zero-order valence-electron chi connectivity index (χ0n) is 13.7. The average molecular weight is 341 g/mol. The molecule has 7 nitrogen and oxygen atoms in total. The molecule has 0 unspecified atom stereocenters. The van der Waals surface area contributed by atoms with Crippen LogP contribution in [0, 0.1) is 0 Å². The lowest BCUT2D eigenvalue weighted by atomic mass is 10.0. The van der Waals surface area contributed by atoms with Gasteiger partial charge in [0.15, 0.2) is 0 Å². The second-order valence-corrected chi connectivity index (χ2v) is 6.06. The maximum Gasteiger partial charge on any atom is 0.221 e. The van der Waals surface area contributed by atoms with Crippen LogP contribution >= 0.6 is 0 Å². The fourth-order valence-corrected chi connectivity index (χ4v) is 3.17. The molecule has 126 valence electrons. The second kappa shape index (κ2) is 5.59. The van der Waals surface area contributed by atoms with Crippen molar-refractivity contribution in [1.82, 2.24) is 25.1 Å². The maximum atomic E-state index is 5.67. The van der Waals surface area contributed by atoms with Crippen molar-refractivity contribution in [2.24, 2.45) is 0 Å². The Hall–Kier alpha value is -3.87. The van der Waals surface area contributed by atoms with Gasteiger partial charge in [-0.3, -0.25) is 5.10 Å². The van der Waals surface area contributed by atoms with Crippen LogP contribution in [0.25, 0.3) is 32.9 Å². The molecule has 3 heterocycles. The van der Waals surface area contributed by atoms with E-state index in [0.717, 1.165) is 38.6 Å². The minimum Gasteiger partial charge on any atom is -0.368 e. The van der Waals surface area contributed by atoms with Gasteiger partial charge < -0.3 is 16.0 Å². The van der Waals surface area contributed by atoms with E-state index in [1.807, 2.05) is 18.5 Å². The number of fused-ring (bicyclic) bond motifs is 2. The summed E-state index contributed by atoms with van der Waals surface area (Å²) in [4.78, 5) is 11.3. The molecule has 0 saturated carbocycles. The summed E-state index contributed by atoms with van der Waals surface area (Å²) in [5.41, 5.74) is 10.8. The van der Waals surface area contributed by atoms with Gasteiger partial charge in [-0.05, 0) is 47.3 Å². The molecular formula is C19H15N7. The van der Waals surface area contributed by atoms with E-state index in [1.165, 1.54) is 0 Å². The lowest BCUT2D eigenvalue weighted by Gasteiger charge is -2.10. The molecule has 0 aliphatic carbocycles. The summed E-state index contributed by atoms with van der Waals surface area (Å²) in [6.07, 6.45) is 5.38. The minimum atomic E-state index is 0.234. The SMILES string of the molecule is Nc1nccc(Nc2cc(-c3ccc4[nH]ccc4c3)c3[nH]ncc3c2)n1. The van der Waals surface area contributed by atoms with Crippen LogP contribution in [-0.2, 0) is 0 Å². The van der Waals surface area contributed by atoms with Gasteiger partial charge in [-0.1, -0.05) is 6.07 Å². The van der Waals surface area contributed by atoms with Gasteiger partial charge >= 0.3 is 0 Å². The third kappa shape index (κ3) is 2.42. The van der Waals surface area contributed by atoms with Crippen molar-refractivity contribution in [3.05, 3.63) is 61.1 Å². The molecule has 3 aromatic heterocycles. The number of nitrogens with one attached hydrogen (secondary N) is 3. The lowest BCUT2D eigenvalue weighted by molar-refractivity contribution is 1.12. The van der Waals surface area contributed by atoms with Crippen LogP contribution in [-0.4, -0.2) is 25.1 Å². The second-order valence-electron chi connectivity index (χ2n) is 6.06. The van der Waals surface area contributed by atoms with Gasteiger partial charge in [-0.25, -0.2) is 4.98 Å². The quantitative estimate of drug-likeness (QED) is 0.399. The smallest absolute Gasteiger partial charge is 0.221 e. The van der Waals surface area contributed by atoms with Gasteiger partial charge in [0.25, 0.3) is 0 Å².